The summed E-state index contributed by atoms with van der Waals surface area (Å²) in [6, 6.07) is 4.82. The molecule has 3 N–H and O–H groups in total. The number of hydrogen-bond donors (Lipinski definition) is 2. The van der Waals surface area contributed by atoms with Crippen molar-refractivity contribution in [3.8, 4) is 11.1 Å². The first-order valence-corrected chi connectivity index (χ1v) is 10.5. The molecular formula is C23H28FN5O. The average molecular weight is 410 g/mol. The Balaban J connectivity index is 1.72. The molecule has 1 fully saturated rings. The van der Waals surface area contributed by atoms with Crippen LogP contribution in [0.5, 0.6) is 0 Å². The molecule has 4 rings (SSSR count). The van der Waals surface area contributed by atoms with Gasteiger partial charge in [0.1, 0.15) is 11.3 Å². The van der Waals surface area contributed by atoms with Crippen LogP contribution in [0.3, 0.4) is 0 Å². The molecule has 0 saturated heterocycles. The number of halogens is 1. The molecule has 0 aliphatic heterocycles. The maximum absolute atomic E-state index is 15.5. The summed E-state index contributed by atoms with van der Waals surface area (Å²) in [5.41, 5.74) is 8.50. The Hall–Kier alpha value is -2.80. The van der Waals surface area contributed by atoms with Crippen molar-refractivity contribution in [3.63, 3.8) is 0 Å². The predicted octanol–water partition coefficient (Wildman–Crippen LogP) is 4.29. The van der Waals surface area contributed by atoms with Crippen LogP contribution in [0.1, 0.15) is 54.8 Å². The van der Waals surface area contributed by atoms with E-state index in [1.54, 1.807) is 32.3 Å². The largest absolute Gasteiger partial charge is 0.345 e. The first-order chi connectivity index (χ1) is 14.4. The molecule has 6 nitrogen and oxygen atoms in total. The highest BCUT2D eigenvalue weighted by Gasteiger charge is 2.27. The second-order valence-corrected chi connectivity index (χ2v) is 8.61. The molecule has 158 valence electrons. The lowest BCUT2D eigenvalue weighted by molar-refractivity contribution is 0.0828. The molecule has 1 saturated carbocycles. The zero-order valence-electron chi connectivity index (χ0n) is 17.7. The van der Waals surface area contributed by atoms with Crippen LogP contribution in [0, 0.1) is 17.7 Å². The number of nitrogens with two attached hydrogens (primary N) is 1. The van der Waals surface area contributed by atoms with Crippen LogP contribution < -0.4 is 5.73 Å². The number of imidazole rings is 1. The van der Waals surface area contributed by atoms with Crippen molar-refractivity contribution >= 4 is 16.9 Å². The lowest BCUT2D eigenvalue weighted by Crippen LogP contribution is -2.26. The first-order valence-electron chi connectivity index (χ1n) is 10.5. The number of rotatable bonds is 4. The number of carbonyl (C=O) groups excluding carboxylic acids is 1. The number of pyridine rings is 1. The van der Waals surface area contributed by atoms with Gasteiger partial charge in [-0.2, -0.15) is 0 Å². The van der Waals surface area contributed by atoms with Gasteiger partial charge in [-0.25, -0.2) is 9.37 Å². The number of aromatic nitrogens is 3. The molecule has 0 radical (unpaired) electrons. The maximum Gasteiger partial charge on any atom is 0.254 e. The molecule has 7 heteroatoms. The molecule has 30 heavy (non-hydrogen) atoms. The number of nitrogens with one attached hydrogen (secondary N) is 1. The number of amides is 1. The molecule has 1 atom stereocenters. The zero-order chi connectivity index (χ0) is 21.4. The summed E-state index contributed by atoms with van der Waals surface area (Å²) in [5, 5.41) is 0. The third-order valence-electron chi connectivity index (χ3n) is 6.24. The minimum atomic E-state index is -0.472. The van der Waals surface area contributed by atoms with E-state index in [1.807, 2.05) is 0 Å². The number of nitrogens with zero attached hydrogens (tertiary/aromatic N) is 3. The van der Waals surface area contributed by atoms with Gasteiger partial charge < -0.3 is 15.6 Å². The van der Waals surface area contributed by atoms with Gasteiger partial charge in [0.15, 0.2) is 5.82 Å². The molecule has 1 aromatic carbocycles. The number of H-pyrrole nitrogens is 1. The summed E-state index contributed by atoms with van der Waals surface area (Å²) >= 11 is 0. The van der Waals surface area contributed by atoms with Gasteiger partial charge in [-0.15, -0.1) is 0 Å². The number of hydrogen-bond acceptors (Lipinski definition) is 4. The van der Waals surface area contributed by atoms with E-state index in [4.69, 9.17) is 5.73 Å². The minimum absolute atomic E-state index is 0.205. The van der Waals surface area contributed by atoms with E-state index < -0.39 is 5.82 Å². The number of fused-ring (bicyclic) bond motifs is 1. The Morgan fingerprint density at radius 1 is 1.20 bits per heavy atom. The van der Waals surface area contributed by atoms with Crippen molar-refractivity contribution in [2.45, 2.75) is 38.6 Å². The third-order valence-corrected chi connectivity index (χ3v) is 6.24. The zero-order valence-corrected chi connectivity index (χ0v) is 17.7. The van der Waals surface area contributed by atoms with Crippen molar-refractivity contribution in [3.05, 3.63) is 47.8 Å². The van der Waals surface area contributed by atoms with Crippen LogP contribution in [-0.2, 0) is 0 Å². The van der Waals surface area contributed by atoms with E-state index in [0.29, 0.717) is 33.9 Å². The normalized spacial score (nSPS) is 20.3. The molecule has 1 aliphatic rings. The quantitative estimate of drug-likeness (QED) is 0.673. The molecule has 0 bridgehead atoms. The first kappa shape index (κ1) is 20.5. The summed E-state index contributed by atoms with van der Waals surface area (Å²) in [4.78, 5) is 25.8. The molecule has 1 amide bonds. The molecule has 2 aromatic heterocycles. The van der Waals surface area contributed by atoms with E-state index in [-0.39, 0.29) is 17.5 Å². The number of benzene rings is 1. The van der Waals surface area contributed by atoms with E-state index in [0.717, 1.165) is 18.8 Å². The Bertz CT molecular complexity index is 1070. The van der Waals surface area contributed by atoms with Crippen molar-refractivity contribution in [2.75, 3.05) is 14.1 Å². The van der Waals surface area contributed by atoms with Gasteiger partial charge in [-0.3, -0.25) is 9.78 Å². The molecule has 2 heterocycles. The highest BCUT2D eigenvalue weighted by atomic mass is 19.1. The predicted molar refractivity (Wildman–Crippen MR) is 115 cm³/mol. The number of aromatic amines is 1. The summed E-state index contributed by atoms with van der Waals surface area (Å²) in [6.07, 6.45) is 7.52. The lowest BCUT2D eigenvalue weighted by atomic mass is 9.79. The fraction of sp³-hybridized carbons (Fsp3) is 0.435. The van der Waals surface area contributed by atoms with Crippen LogP contribution in [0.2, 0.25) is 0 Å². The fourth-order valence-corrected chi connectivity index (χ4v) is 4.33. The second-order valence-electron chi connectivity index (χ2n) is 8.61. The lowest BCUT2D eigenvalue weighted by Gasteiger charge is -2.29. The number of carbonyl (C=O) groups is 1. The highest BCUT2D eigenvalue weighted by molar-refractivity contribution is 6.01. The smallest absolute Gasteiger partial charge is 0.254 e. The van der Waals surface area contributed by atoms with Crippen molar-refractivity contribution < 1.29 is 9.18 Å². The molecule has 1 aliphatic carbocycles. The van der Waals surface area contributed by atoms with E-state index in [1.165, 1.54) is 30.1 Å². The van der Waals surface area contributed by atoms with Crippen LogP contribution in [0.4, 0.5) is 4.39 Å². The molecule has 3 aromatic rings. The summed E-state index contributed by atoms with van der Waals surface area (Å²) in [5.74, 6) is 1.04. The molecule has 0 spiro atoms. The summed E-state index contributed by atoms with van der Waals surface area (Å²) < 4.78 is 15.5. The monoisotopic (exact) mass is 409 g/mol. The standard InChI is InChI=1S/C23H28FN5O/c1-13-4-6-14(7-5-13)20(25)22-27-18-9-8-15(19(24)21(18)28-22)17-12-26-11-10-16(17)23(30)29(2)3/h8-14,20H,4-7,25H2,1-3H3,(H,27,28)/t13?,14?,20-/m0/s1. The van der Waals surface area contributed by atoms with Gasteiger partial charge >= 0.3 is 0 Å². The van der Waals surface area contributed by atoms with Crippen molar-refractivity contribution in [1.29, 1.82) is 0 Å². The van der Waals surface area contributed by atoms with Gasteiger partial charge in [-0.05, 0) is 42.9 Å². The van der Waals surface area contributed by atoms with Gasteiger partial charge in [0, 0.05) is 37.6 Å². The van der Waals surface area contributed by atoms with Gasteiger partial charge in [0.25, 0.3) is 5.91 Å². The van der Waals surface area contributed by atoms with Crippen molar-refractivity contribution in [1.82, 2.24) is 19.9 Å². The maximum atomic E-state index is 15.5. The van der Waals surface area contributed by atoms with Crippen LogP contribution >= 0.6 is 0 Å². The van der Waals surface area contributed by atoms with E-state index in [2.05, 4.69) is 21.9 Å². The topological polar surface area (TPSA) is 87.9 Å². The van der Waals surface area contributed by atoms with Gasteiger partial charge in [-0.1, -0.05) is 19.8 Å². The van der Waals surface area contributed by atoms with Crippen LogP contribution in [-0.4, -0.2) is 39.9 Å². The molecular weight excluding hydrogens is 381 g/mol. The Labute approximate surface area is 175 Å². The summed E-state index contributed by atoms with van der Waals surface area (Å²) in [6.45, 7) is 2.27. The van der Waals surface area contributed by atoms with Gasteiger partial charge in [0.05, 0.1) is 17.1 Å². The third kappa shape index (κ3) is 3.69. The Morgan fingerprint density at radius 2 is 1.93 bits per heavy atom. The average Bonchev–Trinajstić information content (AvgIpc) is 3.19. The fourth-order valence-electron chi connectivity index (χ4n) is 4.33. The van der Waals surface area contributed by atoms with E-state index in [9.17, 15) is 4.79 Å². The van der Waals surface area contributed by atoms with Crippen LogP contribution in [0.25, 0.3) is 22.2 Å². The molecule has 0 unspecified atom stereocenters. The Morgan fingerprint density at radius 3 is 2.63 bits per heavy atom. The van der Waals surface area contributed by atoms with Crippen LogP contribution in [0.15, 0.2) is 30.6 Å². The second kappa shape index (κ2) is 8.14. The minimum Gasteiger partial charge on any atom is -0.345 e. The van der Waals surface area contributed by atoms with Gasteiger partial charge in [0.2, 0.25) is 0 Å². The van der Waals surface area contributed by atoms with E-state index >= 15 is 4.39 Å². The van der Waals surface area contributed by atoms with Crippen molar-refractivity contribution in [2.24, 2.45) is 17.6 Å². The highest BCUT2D eigenvalue weighted by Crippen LogP contribution is 2.36. The Kier molecular flexibility index (Phi) is 5.56. The SMILES string of the molecule is CC1CCC([C@H](N)c2nc3c(F)c(-c4cnccc4C(=O)N(C)C)ccc3[nH]2)CC1. The summed E-state index contributed by atoms with van der Waals surface area (Å²) in [7, 11) is 3.33.